The van der Waals surface area contributed by atoms with Crippen molar-refractivity contribution in [2.45, 2.75) is 38.7 Å². The Labute approximate surface area is 187 Å². The van der Waals surface area contributed by atoms with Gasteiger partial charge < -0.3 is 15.4 Å². The molecule has 1 fully saturated rings. The van der Waals surface area contributed by atoms with Crippen LogP contribution in [0.25, 0.3) is 5.69 Å². The lowest BCUT2D eigenvalue weighted by Gasteiger charge is -2.11. The average Bonchev–Trinajstić information content (AvgIpc) is 3.48. The van der Waals surface area contributed by atoms with Crippen molar-refractivity contribution in [2.24, 2.45) is 0 Å². The summed E-state index contributed by atoms with van der Waals surface area (Å²) < 4.78 is 7.29. The van der Waals surface area contributed by atoms with E-state index in [1.54, 1.807) is 24.3 Å². The number of para-hydroxylation sites is 1. The number of aromatic nitrogens is 2. The molecule has 1 aliphatic rings. The predicted octanol–water partition coefficient (Wildman–Crippen LogP) is 3.66. The molecule has 2 amide bonds. The van der Waals surface area contributed by atoms with Crippen LogP contribution >= 0.6 is 0 Å². The van der Waals surface area contributed by atoms with Crippen LogP contribution in [-0.4, -0.2) is 40.9 Å². The number of aryl methyl sites for hydroxylation is 2. The molecule has 0 saturated carbocycles. The van der Waals surface area contributed by atoms with E-state index >= 15 is 0 Å². The van der Waals surface area contributed by atoms with Crippen LogP contribution in [0.4, 0.5) is 5.69 Å². The van der Waals surface area contributed by atoms with Gasteiger partial charge in [0.2, 0.25) is 0 Å². The molecule has 0 bridgehead atoms. The summed E-state index contributed by atoms with van der Waals surface area (Å²) in [4.78, 5) is 24.8. The minimum absolute atomic E-state index is 0.157. The highest BCUT2D eigenvalue weighted by molar-refractivity contribution is 5.98. The largest absolute Gasteiger partial charge is 0.368 e. The summed E-state index contributed by atoms with van der Waals surface area (Å²) in [6.07, 6.45) is 4.91. The first-order valence-corrected chi connectivity index (χ1v) is 11.0. The molecule has 7 heteroatoms. The van der Waals surface area contributed by atoms with Gasteiger partial charge in [-0.15, -0.1) is 0 Å². The molecule has 1 aliphatic heterocycles. The number of amides is 2. The number of benzene rings is 2. The van der Waals surface area contributed by atoms with Gasteiger partial charge in [0.15, 0.2) is 0 Å². The van der Waals surface area contributed by atoms with E-state index < -0.39 is 6.10 Å². The fourth-order valence-electron chi connectivity index (χ4n) is 3.78. The maximum absolute atomic E-state index is 12.5. The van der Waals surface area contributed by atoms with E-state index in [0.29, 0.717) is 24.4 Å². The Balaban J connectivity index is 1.26. The van der Waals surface area contributed by atoms with Gasteiger partial charge in [0.05, 0.1) is 11.4 Å². The van der Waals surface area contributed by atoms with Crippen LogP contribution in [0.2, 0.25) is 0 Å². The first kappa shape index (κ1) is 21.8. The van der Waals surface area contributed by atoms with Gasteiger partial charge >= 0.3 is 0 Å². The van der Waals surface area contributed by atoms with Crippen LogP contribution in [-0.2, 0) is 16.0 Å². The third-order valence-corrected chi connectivity index (χ3v) is 5.54. The molecule has 1 aromatic heterocycles. The van der Waals surface area contributed by atoms with Crippen molar-refractivity contribution in [1.82, 2.24) is 15.1 Å². The Morgan fingerprint density at radius 1 is 1.16 bits per heavy atom. The SMILES string of the molecule is Cc1nn(-c2ccccc2)cc1CCCNC(=O)c1cccc(NC(=O)C2CCCO2)c1. The lowest BCUT2D eigenvalue weighted by molar-refractivity contribution is -0.124. The summed E-state index contributed by atoms with van der Waals surface area (Å²) in [5.41, 5.74) is 4.31. The molecule has 7 nitrogen and oxygen atoms in total. The Morgan fingerprint density at radius 2 is 2.00 bits per heavy atom. The summed E-state index contributed by atoms with van der Waals surface area (Å²) in [5, 5.41) is 10.4. The number of rotatable bonds is 8. The molecule has 1 saturated heterocycles. The summed E-state index contributed by atoms with van der Waals surface area (Å²) in [5.74, 6) is -0.318. The lowest BCUT2D eigenvalue weighted by Crippen LogP contribution is -2.27. The molecule has 1 atom stereocenters. The highest BCUT2D eigenvalue weighted by Gasteiger charge is 2.23. The number of ether oxygens (including phenoxy) is 1. The summed E-state index contributed by atoms with van der Waals surface area (Å²) >= 11 is 0. The van der Waals surface area contributed by atoms with Crippen molar-refractivity contribution in [1.29, 1.82) is 0 Å². The van der Waals surface area contributed by atoms with Gasteiger partial charge in [0.1, 0.15) is 6.10 Å². The molecule has 2 N–H and O–H groups in total. The Kier molecular flexibility index (Phi) is 6.97. The van der Waals surface area contributed by atoms with Crippen LogP contribution in [0.15, 0.2) is 60.8 Å². The molecule has 2 aromatic carbocycles. The molecule has 166 valence electrons. The standard InChI is InChI=1S/C25H28N4O3/c1-18-20(17-29(28-18)22-11-3-2-4-12-22)9-6-14-26-24(30)19-8-5-10-21(16-19)27-25(31)23-13-7-15-32-23/h2-5,8,10-12,16-17,23H,6-7,9,13-15H2,1H3,(H,26,30)(H,27,31). The van der Waals surface area contributed by atoms with Gasteiger partial charge in [0.25, 0.3) is 11.8 Å². The van der Waals surface area contributed by atoms with Gasteiger partial charge in [-0.1, -0.05) is 24.3 Å². The topological polar surface area (TPSA) is 85.3 Å². The molecule has 0 spiro atoms. The van der Waals surface area contributed by atoms with Crippen molar-refractivity contribution in [3.8, 4) is 5.69 Å². The third-order valence-electron chi connectivity index (χ3n) is 5.54. The minimum atomic E-state index is -0.401. The zero-order chi connectivity index (χ0) is 22.3. The van der Waals surface area contributed by atoms with Gasteiger partial charge in [-0.25, -0.2) is 4.68 Å². The number of anilines is 1. The molecule has 2 heterocycles. The molecule has 4 rings (SSSR count). The molecule has 1 unspecified atom stereocenters. The summed E-state index contributed by atoms with van der Waals surface area (Å²) in [6, 6.07) is 17.0. The number of nitrogens with zero attached hydrogens (tertiary/aromatic N) is 2. The van der Waals surface area contributed by atoms with Gasteiger partial charge in [0, 0.05) is 30.6 Å². The second kappa shape index (κ2) is 10.2. The zero-order valence-electron chi connectivity index (χ0n) is 18.2. The van der Waals surface area contributed by atoms with Crippen LogP contribution in [0, 0.1) is 6.92 Å². The minimum Gasteiger partial charge on any atom is -0.368 e. The fraction of sp³-hybridized carbons (Fsp3) is 0.320. The fourth-order valence-corrected chi connectivity index (χ4v) is 3.78. The molecular formula is C25H28N4O3. The first-order valence-electron chi connectivity index (χ1n) is 11.0. The van der Waals surface area contributed by atoms with E-state index in [2.05, 4.69) is 15.7 Å². The Hall–Kier alpha value is -3.45. The van der Waals surface area contributed by atoms with E-state index in [4.69, 9.17) is 4.74 Å². The van der Waals surface area contributed by atoms with E-state index in [0.717, 1.165) is 37.1 Å². The van der Waals surface area contributed by atoms with Gasteiger partial charge in [-0.3, -0.25) is 9.59 Å². The first-order chi connectivity index (χ1) is 15.6. The number of hydrogen-bond donors (Lipinski definition) is 2. The van der Waals surface area contributed by atoms with Gasteiger partial charge in [-0.05, 0) is 68.5 Å². The predicted molar refractivity (Wildman–Crippen MR) is 123 cm³/mol. The van der Waals surface area contributed by atoms with E-state index in [1.807, 2.05) is 48.1 Å². The van der Waals surface area contributed by atoms with E-state index in [9.17, 15) is 9.59 Å². The van der Waals surface area contributed by atoms with Crippen molar-refractivity contribution < 1.29 is 14.3 Å². The summed E-state index contributed by atoms with van der Waals surface area (Å²) in [6.45, 7) is 3.18. The number of nitrogens with one attached hydrogen (secondary N) is 2. The molecular weight excluding hydrogens is 404 g/mol. The highest BCUT2D eigenvalue weighted by Crippen LogP contribution is 2.17. The van der Waals surface area contributed by atoms with E-state index in [-0.39, 0.29) is 11.8 Å². The maximum atomic E-state index is 12.5. The zero-order valence-corrected chi connectivity index (χ0v) is 18.2. The Morgan fingerprint density at radius 3 is 2.78 bits per heavy atom. The molecule has 0 radical (unpaired) electrons. The third kappa shape index (κ3) is 5.42. The van der Waals surface area contributed by atoms with Crippen molar-refractivity contribution in [2.75, 3.05) is 18.5 Å². The number of carbonyl (C=O) groups is 2. The Bertz CT molecular complexity index is 1070. The smallest absolute Gasteiger partial charge is 0.253 e. The highest BCUT2D eigenvalue weighted by atomic mass is 16.5. The van der Waals surface area contributed by atoms with Crippen LogP contribution in [0.1, 0.15) is 40.9 Å². The quantitative estimate of drug-likeness (QED) is 0.532. The monoisotopic (exact) mass is 432 g/mol. The summed E-state index contributed by atoms with van der Waals surface area (Å²) in [7, 11) is 0. The van der Waals surface area contributed by atoms with Crippen LogP contribution in [0.5, 0.6) is 0 Å². The second-order valence-electron chi connectivity index (χ2n) is 7.95. The van der Waals surface area contributed by atoms with Crippen molar-refractivity contribution >= 4 is 17.5 Å². The maximum Gasteiger partial charge on any atom is 0.253 e. The van der Waals surface area contributed by atoms with Crippen molar-refractivity contribution in [3.63, 3.8) is 0 Å². The van der Waals surface area contributed by atoms with Crippen LogP contribution < -0.4 is 10.6 Å². The van der Waals surface area contributed by atoms with Crippen LogP contribution in [0.3, 0.4) is 0 Å². The second-order valence-corrected chi connectivity index (χ2v) is 7.95. The lowest BCUT2D eigenvalue weighted by atomic mass is 10.1. The normalized spacial score (nSPS) is 15.5. The number of carbonyl (C=O) groups excluding carboxylic acids is 2. The molecule has 0 aliphatic carbocycles. The number of hydrogen-bond acceptors (Lipinski definition) is 4. The molecule has 3 aromatic rings. The molecule has 32 heavy (non-hydrogen) atoms. The van der Waals surface area contributed by atoms with Crippen molar-refractivity contribution in [3.05, 3.63) is 77.6 Å². The average molecular weight is 433 g/mol. The van der Waals surface area contributed by atoms with E-state index in [1.165, 1.54) is 5.56 Å². The van der Waals surface area contributed by atoms with Gasteiger partial charge in [-0.2, -0.15) is 5.10 Å².